The van der Waals surface area contributed by atoms with Crippen molar-refractivity contribution in [3.05, 3.63) is 439 Å². The fourth-order valence-electron chi connectivity index (χ4n) is 12.2. The number of rotatable bonds is 12. The van der Waals surface area contributed by atoms with Gasteiger partial charge in [0.05, 0.1) is 5.56 Å². The molecule has 0 amide bonds. The van der Waals surface area contributed by atoms with E-state index in [0.29, 0.717) is 22.3 Å². The van der Waals surface area contributed by atoms with E-state index in [4.69, 9.17) is 14.2 Å². The van der Waals surface area contributed by atoms with Gasteiger partial charge in [-0.2, -0.15) is 39.5 Å². The highest BCUT2D eigenvalue weighted by atomic mass is 19.4. The minimum atomic E-state index is -5.53. The van der Waals surface area contributed by atoms with Gasteiger partial charge in [-0.25, -0.2) is 0 Å². The molecule has 0 aliphatic carbocycles. The molecule has 0 aliphatic heterocycles. The third-order valence-electron chi connectivity index (χ3n) is 18.8. The number of alkyl halides is 9. The lowest BCUT2D eigenvalue weighted by atomic mass is 9.72. The van der Waals surface area contributed by atoms with Crippen molar-refractivity contribution in [1.82, 2.24) is 0 Å². The predicted octanol–water partition coefficient (Wildman–Crippen LogP) is 31.2. The van der Waals surface area contributed by atoms with Crippen LogP contribution in [0.15, 0.2) is 328 Å². The topological polar surface area (TPSA) is 27.7 Å². The molecular weight excluding hydrogens is 1470 g/mol. The zero-order chi connectivity index (χ0) is 84.3. The summed E-state index contributed by atoms with van der Waals surface area (Å²) in [5.74, 6) is 5.10. The van der Waals surface area contributed by atoms with Crippen LogP contribution in [0.1, 0.15) is 111 Å². The summed E-state index contributed by atoms with van der Waals surface area (Å²) in [5, 5.41) is 0. The first-order valence-electron chi connectivity index (χ1n) is 38.2. The number of hydrogen-bond donors (Lipinski definition) is 0. The summed E-state index contributed by atoms with van der Waals surface area (Å²) in [6, 6.07) is 101. The van der Waals surface area contributed by atoms with E-state index in [1.165, 1.54) is 97.1 Å². The van der Waals surface area contributed by atoms with Crippen LogP contribution in [0.3, 0.4) is 0 Å². The zero-order valence-electron chi connectivity index (χ0n) is 68.5. The molecule has 3 nitrogen and oxygen atoms in total. The lowest BCUT2D eigenvalue weighted by Crippen LogP contribution is -2.54. The predicted molar refractivity (Wildman–Crippen MR) is 460 cm³/mol. The lowest BCUT2D eigenvalue weighted by molar-refractivity contribution is -0.288. The minimum absolute atomic E-state index is 0.246. The molecule has 0 saturated heterocycles. The van der Waals surface area contributed by atoms with Crippen LogP contribution in [0, 0.1) is 104 Å². The summed E-state index contributed by atoms with van der Waals surface area (Å²) in [7, 11) is 0. The Hall–Kier alpha value is -12.2. The first-order chi connectivity index (χ1) is 55.0. The van der Waals surface area contributed by atoms with Crippen LogP contribution in [-0.4, -0.2) is 12.4 Å². The molecule has 598 valence electrons. The maximum absolute atomic E-state index is 13.7. The summed E-state index contributed by atoms with van der Waals surface area (Å²) in [5.41, 5.74) is 16.2. The second-order valence-corrected chi connectivity index (χ2v) is 29.4. The number of benzene rings is 14. The molecule has 0 spiro atoms. The van der Waals surface area contributed by atoms with Crippen molar-refractivity contribution in [2.24, 2.45) is 0 Å². The minimum Gasteiger partial charge on any atom is -0.457 e. The van der Waals surface area contributed by atoms with Crippen molar-refractivity contribution in [2.45, 2.75) is 134 Å². The van der Waals surface area contributed by atoms with Gasteiger partial charge in [-0.05, 0) is 239 Å². The lowest BCUT2D eigenvalue weighted by Gasteiger charge is -2.38. The number of halogens is 9. The summed E-state index contributed by atoms with van der Waals surface area (Å²) in [6.07, 6.45) is -14.4. The number of ether oxygens (including phenoxy) is 3. The van der Waals surface area contributed by atoms with Crippen LogP contribution < -0.4 is 14.2 Å². The van der Waals surface area contributed by atoms with E-state index in [9.17, 15) is 39.5 Å². The molecule has 0 saturated carbocycles. The highest BCUT2D eigenvalue weighted by molar-refractivity contribution is 5.72. The highest BCUT2D eigenvalue weighted by Crippen LogP contribution is 2.56. The first-order valence-corrected chi connectivity index (χ1v) is 38.2. The van der Waals surface area contributed by atoms with Crippen LogP contribution in [-0.2, 0) is 18.0 Å². The molecule has 0 heterocycles. The molecule has 0 aliphatic rings. The van der Waals surface area contributed by atoms with Gasteiger partial charge in [0, 0.05) is 0 Å². The summed E-state index contributed by atoms with van der Waals surface area (Å²) in [4.78, 5) is 0. The number of aryl methyl sites for hydroxylation is 15. The van der Waals surface area contributed by atoms with E-state index in [2.05, 4.69) is 191 Å². The Balaban J connectivity index is 0.000000175. The average Bonchev–Trinajstić information content (AvgIpc) is 0.716. The first kappa shape index (κ1) is 89.4. The summed E-state index contributed by atoms with van der Waals surface area (Å²) >= 11 is 0. The van der Waals surface area contributed by atoms with Crippen LogP contribution in [0.5, 0.6) is 34.5 Å². The Morgan fingerprint density at radius 3 is 0.690 bits per heavy atom. The Labute approximate surface area is 679 Å². The van der Waals surface area contributed by atoms with Gasteiger partial charge in [-0.15, -0.1) is 0 Å². The van der Waals surface area contributed by atoms with Gasteiger partial charge in [0.25, 0.3) is 0 Å². The average molecular weight is 1570 g/mol. The van der Waals surface area contributed by atoms with Gasteiger partial charge in [-0.1, -0.05) is 327 Å². The van der Waals surface area contributed by atoms with Crippen molar-refractivity contribution in [3.63, 3.8) is 0 Å². The molecule has 0 atom stereocenters. The second-order valence-electron chi connectivity index (χ2n) is 29.4. The largest absolute Gasteiger partial charge is 0.457 e. The van der Waals surface area contributed by atoms with E-state index in [1.807, 2.05) is 147 Å². The van der Waals surface area contributed by atoms with Crippen molar-refractivity contribution >= 4 is 0 Å². The van der Waals surface area contributed by atoms with E-state index in [0.717, 1.165) is 87.4 Å². The van der Waals surface area contributed by atoms with Crippen molar-refractivity contribution in [3.8, 4) is 56.8 Å². The molecule has 0 aromatic heterocycles. The Bertz CT molecular complexity index is 4940. The fourth-order valence-corrected chi connectivity index (χ4v) is 12.2. The van der Waals surface area contributed by atoms with Gasteiger partial charge < -0.3 is 14.2 Å². The normalized spacial score (nSPS) is 11.0. The van der Waals surface area contributed by atoms with Crippen LogP contribution in [0.4, 0.5) is 39.5 Å². The molecule has 14 aromatic rings. The third-order valence-corrected chi connectivity index (χ3v) is 18.8. The smallest absolute Gasteiger partial charge is 0.417 e. The second kappa shape index (κ2) is 41.8. The van der Waals surface area contributed by atoms with Gasteiger partial charge in [0.1, 0.15) is 34.5 Å². The highest BCUT2D eigenvalue weighted by Gasteiger charge is 2.72. The standard InChI is InChI=1S/C26H22O2.C17H14F6.C16H15F3.C15H16.C14H14O.2C8H10/c1-19-3-11-23(12-4-19)27-25-15-7-21(8-16-25)22-9-17-26(18-10-22)28-24-13-5-20(2)6-14-24;1-11-3-7-13(8-4-11)15(16(18,19)20,17(21,22)23)14-9-5-12(2)6-10-14;1-10-4-6-13(12(3)8-10)14-7-5-11(2)9-15(14)16(17,18)19;1-12-3-7-14(8-4-12)11-15-9-5-13(2)6-10-15;1-11-3-7-13(8-4-11)15-14-9-5-12(2)6-10-14;1-7-3-5-8(2)6-4-7;1-7-4-3-5-8(2)6-7/h3-18H,1-2H3;3-10H,1-2H3;4-9H,1-3H3;3-10H,11H2,1-2H3;3-10H,1-2H3;2*3-6H,1-2H3. The van der Waals surface area contributed by atoms with E-state index in [-0.39, 0.29) is 5.56 Å². The molecule has 0 fully saturated rings. The molecule has 0 N–H and O–H groups in total. The Kier molecular flexibility index (Phi) is 32.2. The Morgan fingerprint density at radius 1 is 0.216 bits per heavy atom. The van der Waals surface area contributed by atoms with Gasteiger partial charge in [0.2, 0.25) is 5.41 Å². The Morgan fingerprint density at radius 2 is 0.440 bits per heavy atom. The maximum atomic E-state index is 13.7. The van der Waals surface area contributed by atoms with Crippen LogP contribution in [0.2, 0.25) is 0 Å². The molecule has 116 heavy (non-hydrogen) atoms. The quantitative estimate of drug-likeness (QED) is 0.114. The molecule has 0 bridgehead atoms. The SMILES string of the molecule is Cc1ccc(-c2ccc(C)cc2C(F)(F)F)c(C)c1.Cc1ccc(C(c2ccc(C)cc2)(C(F)(F)F)C(F)(F)F)cc1.Cc1ccc(C)cc1.Cc1ccc(Cc2ccc(C)cc2)cc1.Cc1ccc(Oc2ccc(-c3ccc(Oc4ccc(C)cc4)cc3)cc2)cc1.Cc1ccc(Oc2ccc(C)cc2)cc1.Cc1cccc(C)c1. The monoisotopic (exact) mass is 1570 g/mol. The van der Waals surface area contributed by atoms with Crippen molar-refractivity contribution in [1.29, 1.82) is 0 Å². The van der Waals surface area contributed by atoms with E-state index < -0.39 is 40.6 Å². The fraction of sp³-hybridized carbons (Fsp3) is 0.192. The maximum Gasteiger partial charge on any atom is 0.417 e. The van der Waals surface area contributed by atoms with E-state index >= 15 is 0 Å². The van der Waals surface area contributed by atoms with Crippen molar-refractivity contribution < 1.29 is 53.7 Å². The van der Waals surface area contributed by atoms with Gasteiger partial charge in [-0.3, -0.25) is 0 Å². The number of hydrogen-bond acceptors (Lipinski definition) is 3. The summed E-state index contributed by atoms with van der Waals surface area (Å²) in [6.45, 7) is 29.5. The van der Waals surface area contributed by atoms with Crippen molar-refractivity contribution in [2.75, 3.05) is 0 Å². The summed E-state index contributed by atoms with van der Waals surface area (Å²) < 4.78 is 139. The molecule has 0 unspecified atom stereocenters. The van der Waals surface area contributed by atoms with Crippen LogP contribution in [0.25, 0.3) is 22.3 Å². The molecular formula is C104H101F9O3. The molecule has 14 aromatic carbocycles. The van der Waals surface area contributed by atoms with Gasteiger partial charge in [0.15, 0.2) is 0 Å². The molecule has 12 heteroatoms. The molecule has 14 rings (SSSR count). The van der Waals surface area contributed by atoms with E-state index in [1.54, 1.807) is 39.0 Å². The van der Waals surface area contributed by atoms with Crippen LogP contribution >= 0.6 is 0 Å². The van der Waals surface area contributed by atoms with Gasteiger partial charge >= 0.3 is 18.5 Å². The molecule has 0 radical (unpaired) electrons. The third kappa shape index (κ3) is 27.6. The zero-order valence-corrected chi connectivity index (χ0v) is 68.5.